The monoisotopic (exact) mass is 432 g/mol. The zero-order valence-electron chi connectivity index (χ0n) is 12.4. The molecule has 2 aromatic rings. The van der Waals surface area contributed by atoms with Crippen LogP contribution in [0, 0.1) is 5.82 Å². The fourth-order valence-electron chi connectivity index (χ4n) is 1.93. The molecule has 0 aromatic heterocycles. The molecule has 0 radical (unpaired) electrons. The van der Waals surface area contributed by atoms with Gasteiger partial charge in [-0.2, -0.15) is 0 Å². The van der Waals surface area contributed by atoms with E-state index in [4.69, 9.17) is 23.2 Å². The normalized spacial score (nSPS) is 10.4. The Labute approximate surface area is 156 Å². The van der Waals surface area contributed by atoms with Crippen molar-refractivity contribution in [2.75, 3.05) is 18.9 Å². The van der Waals surface area contributed by atoms with Gasteiger partial charge in [0, 0.05) is 17.2 Å². The maximum absolute atomic E-state index is 13.3. The molecule has 0 fully saturated rings. The Hall–Kier alpha value is -1.63. The van der Waals surface area contributed by atoms with E-state index in [-0.39, 0.29) is 12.1 Å². The maximum Gasteiger partial charge on any atom is 0.255 e. The molecule has 0 saturated carbocycles. The van der Waals surface area contributed by atoms with Gasteiger partial charge in [-0.15, -0.1) is 0 Å². The summed E-state index contributed by atoms with van der Waals surface area (Å²) >= 11 is 14.9. The van der Waals surface area contributed by atoms with Crippen LogP contribution in [0.5, 0.6) is 0 Å². The molecule has 0 aliphatic rings. The average Bonchev–Trinajstić information content (AvgIpc) is 2.52. The van der Waals surface area contributed by atoms with Crippen molar-refractivity contribution < 1.29 is 14.0 Å². The first-order valence-corrected chi connectivity index (χ1v) is 8.28. The number of likely N-dealkylation sites (N-methyl/N-ethyl adjacent to an activating group) is 1. The van der Waals surface area contributed by atoms with Crippen molar-refractivity contribution in [3.63, 3.8) is 0 Å². The summed E-state index contributed by atoms with van der Waals surface area (Å²) in [5.74, 6) is -1.43. The third-order valence-corrected chi connectivity index (χ3v) is 4.52. The van der Waals surface area contributed by atoms with Crippen molar-refractivity contribution in [1.82, 2.24) is 4.90 Å². The van der Waals surface area contributed by atoms with Crippen LogP contribution in [0.15, 0.2) is 40.9 Å². The lowest BCUT2D eigenvalue weighted by atomic mass is 10.2. The first kappa shape index (κ1) is 18.7. The van der Waals surface area contributed by atoms with E-state index in [1.165, 1.54) is 30.1 Å². The number of hydrogen-bond acceptors (Lipinski definition) is 2. The molecule has 0 heterocycles. The van der Waals surface area contributed by atoms with Gasteiger partial charge < -0.3 is 10.2 Å². The van der Waals surface area contributed by atoms with Gasteiger partial charge in [0.2, 0.25) is 5.91 Å². The molecule has 1 N–H and O–H groups in total. The number of halogens is 4. The van der Waals surface area contributed by atoms with Gasteiger partial charge in [0.15, 0.2) is 0 Å². The fraction of sp³-hybridized carbons (Fsp3) is 0.125. The third-order valence-electron chi connectivity index (χ3n) is 3.09. The van der Waals surface area contributed by atoms with Gasteiger partial charge in [0.25, 0.3) is 5.91 Å². The number of hydrogen-bond donors (Lipinski definition) is 1. The summed E-state index contributed by atoms with van der Waals surface area (Å²) in [6, 6.07) is 8.44. The third kappa shape index (κ3) is 4.69. The summed E-state index contributed by atoms with van der Waals surface area (Å²) in [6.45, 7) is -0.206. The zero-order chi connectivity index (χ0) is 17.9. The number of carbonyl (C=O) groups excluding carboxylic acids is 2. The number of rotatable bonds is 4. The van der Waals surface area contributed by atoms with Crippen LogP contribution in [0.1, 0.15) is 10.4 Å². The van der Waals surface area contributed by atoms with E-state index in [2.05, 4.69) is 21.2 Å². The number of anilines is 1. The van der Waals surface area contributed by atoms with Crippen molar-refractivity contribution in [3.05, 3.63) is 62.3 Å². The highest BCUT2D eigenvalue weighted by Gasteiger charge is 2.18. The van der Waals surface area contributed by atoms with Crippen molar-refractivity contribution in [1.29, 1.82) is 0 Å². The molecule has 8 heteroatoms. The Morgan fingerprint density at radius 3 is 2.54 bits per heavy atom. The van der Waals surface area contributed by atoms with Crippen LogP contribution >= 0.6 is 39.1 Å². The number of nitrogens with one attached hydrogen (secondary N) is 1. The number of benzene rings is 2. The van der Waals surface area contributed by atoms with Gasteiger partial charge in [-0.1, -0.05) is 23.2 Å². The standard InChI is InChI=1S/C16H12BrCl2FN2O2/c1-22(16(24)11-6-9(20)2-4-12(11)17)8-15(23)21-10-3-5-13(18)14(19)7-10/h2-7H,8H2,1H3,(H,21,23). The van der Waals surface area contributed by atoms with Crippen LogP contribution < -0.4 is 5.32 Å². The minimum absolute atomic E-state index is 0.139. The van der Waals surface area contributed by atoms with Crippen LogP contribution in [0.25, 0.3) is 0 Å². The molecular formula is C16H12BrCl2FN2O2. The van der Waals surface area contributed by atoms with Crippen molar-refractivity contribution in [2.24, 2.45) is 0 Å². The van der Waals surface area contributed by atoms with Gasteiger partial charge in [-0.3, -0.25) is 9.59 Å². The van der Waals surface area contributed by atoms with Crippen LogP contribution in [-0.2, 0) is 4.79 Å². The van der Waals surface area contributed by atoms with E-state index < -0.39 is 17.6 Å². The second kappa shape index (κ2) is 7.96. The number of carbonyl (C=O) groups is 2. The Kier molecular flexibility index (Phi) is 6.21. The lowest BCUT2D eigenvalue weighted by molar-refractivity contribution is -0.116. The summed E-state index contributed by atoms with van der Waals surface area (Å²) in [5.41, 5.74) is 0.599. The first-order chi connectivity index (χ1) is 11.3. The molecule has 0 bridgehead atoms. The second-order valence-corrected chi connectivity index (χ2v) is 6.63. The van der Waals surface area contributed by atoms with Crippen LogP contribution in [-0.4, -0.2) is 30.3 Å². The molecule has 0 atom stereocenters. The molecule has 2 aromatic carbocycles. The zero-order valence-corrected chi connectivity index (χ0v) is 15.5. The summed E-state index contributed by atoms with van der Waals surface area (Å²) in [4.78, 5) is 25.5. The van der Waals surface area contributed by atoms with Crippen LogP contribution in [0.2, 0.25) is 10.0 Å². The topological polar surface area (TPSA) is 49.4 Å². The molecule has 0 unspecified atom stereocenters. The minimum Gasteiger partial charge on any atom is -0.332 e. The molecule has 0 aliphatic heterocycles. The molecule has 4 nitrogen and oxygen atoms in total. The Bertz CT molecular complexity index is 802. The van der Waals surface area contributed by atoms with Crippen LogP contribution in [0.3, 0.4) is 0 Å². The Morgan fingerprint density at radius 2 is 1.88 bits per heavy atom. The number of amides is 2. The lowest BCUT2D eigenvalue weighted by Crippen LogP contribution is -2.35. The van der Waals surface area contributed by atoms with E-state index in [1.807, 2.05) is 0 Å². The lowest BCUT2D eigenvalue weighted by Gasteiger charge is -2.18. The van der Waals surface area contributed by atoms with Gasteiger partial charge in [-0.25, -0.2) is 4.39 Å². The predicted octanol–water partition coefficient (Wildman–Crippen LogP) is 4.61. The minimum atomic E-state index is -0.532. The van der Waals surface area contributed by atoms with Gasteiger partial charge in [-0.05, 0) is 52.3 Å². The van der Waals surface area contributed by atoms with E-state index in [1.54, 1.807) is 12.1 Å². The fourth-order valence-corrected chi connectivity index (χ4v) is 2.64. The van der Waals surface area contributed by atoms with Crippen molar-refractivity contribution >= 4 is 56.6 Å². The smallest absolute Gasteiger partial charge is 0.255 e. The summed E-state index contributed by atoms with van der Waals surface area (Å²) < 4.78 is 13.7. The van der Waals surface area contributed by atoms with Crippen molar-refractivity contribution in [3.8, 4) is 0 Å². The van der Waals surface area contributed by atoms with E-state index in [9.17, 15) is 14.0 Å². The van der Waals surface area contributed by atoms with Gasteiger partial charge in [0.1, 0.15) is 5.82 Å². The van der Waals surface area contributed by atoms with E-state index >= 15 is 0 Å². The molecular weight excluding hydrogens is 422 g/mol. The average molecular weight is 434 g/mol. The van der Waals surface area contributed by atoms with Gasteiger partial charge in [0.05, 0.1) is 22.2 Å². The summed E-state index contributed by atoms with van der Waals surface area (Å²) in [6.07, 6.45) is 0. The predicted molar refractivity (Wildman–Crippen MR) is 96.2 cm³/mol. The molecule has 0 spiro atoms. The SMILES string of the molecule is CN(CC(=O)Nc1ccc(Cl)c(Cl)c1)C(=O)c1cc(F)ccc1Br. The van der Waals surface area contributed by atoms with E-state index in [0.29, 0.717) is 20.2 Å². The molecule has 2 rings (SSSR count). The maximum atomic E-state index is 13.3. The highest BCUT2D eigenvalue weighted by atomic mass is 79.9. The van der Waals surface area contributed by atoms with Crippen molar-refractivity contribution in [2.45, 2.75) is 0 Å². The summed E-state index contributed by atoms with van der Waals surface area (Å²) in [5, 5.41) is 3.29. The van der Waals surface area contributed by atoms with E-state index in [0.717, 1.165) is 6.07 Å². The largest absolute Gasteiger partial charge is 0.332 e. The van der Waals surface area contributed by atoms with Crippen LogP contribution in [0.4, 0.5) is 10.1 Å². The molecule has 0 aliphatic carbocycles. The second-order valence-electron chi connectivity index (χ2n) is 4.96. The Morgan fingerprint density at radius 1 is 1.17 bits per heavy atom. The summed E-state index contributed by atoms with van der Waals surface area (Å²) in [7, 11) is 1.45. The first-order valence-electron chi connectivity index (χ1n) is 6.73. The molecule has 2 amide bonds. The molecule has 0 saturated heterocycles. The molecule has 126 valence electrons. The highest BCUT2D eigenvalue weighted by Crippen LogP contribution is 2.25. The molecule has 24 heavy (non-hydrogen) atoms. The highest BCUT2D eigenvalue weighted by molar-refractivity contribution is 9.10. The van der Waals surface area contributed by atoms with Gasteiger partial charge >= 0.3 is 0 Å². The Balaban J connectivity index is 2.04. The number of nitrogens with zero attached hydrogens (tertiary/aromatic N) is 1. The quantitative estimate of drug-likeness (QED) is 0.765.